The Bertz CT molecular complexity index is 614. The van der Waals surface area contributed by atoms with E-state index >= 15 is 0 Å². The topological polar surface area (TPSA) is 34.4 Å². The quantitative estimate of drug-likeness (QED) is 0.922. The molecule has 1 spiro atoms. The van der Waals surface area contributed by atoms with Crippen LogP contribution in [0.2, 0.25) is 0 Å². The van der Waals surface area contributed by atoms with Gasteiger partial charge in [0.15, 0.2) is 0 Å². The molecule has 2 aliphatic heterocycles. The van der Waals surface area contributed by atoms with Crippen LogP contribution in [0.1, 0.15) is 38.0 Å². The number of hydrogen-bond acceptors (Lipinski definition) is 4. The molecular weight excluding hydrogens is 294 g/mol. The maximum atomic E-state index is 6.11. The van der Waals surface area contributed by atoms with Gasteiger partial charge in [0.2, 0.25) is 0 Å². The average molecular weight is 317 g/mol. The molecule has 1 N–H and O–H groups in total. The Labute approximate surface area is 135 Å². The zero-order valence-electron chi connectivity index (χ0n) is 13.0. The number of ether oxygens (including phenoxy) is 1. The van der Waals surface area contributed by atoms with Gasteiger partial charge >= 0.3 is 0 Å². The van der Waals surface area contributed by atoms with Crippen LogP contribution in [0.5, 0.6) is 0 Å². The number of benzene rings is 1. The van der Waals surface area contributed by atoms with E-state index in [-0.39, 0.29) is 11.6 Å². The molecule has 2 aromatic rings. The first-order valence-corrected chi connectivity index (χ1v) is 9.36. The predicted molar refractivity (Wildman–Crippen MR) is 91.4 cm³/mol. The van der Waals surface area contributed by atoms with Crippen LogP contribution in [0.25, 0.3) is 11.0 Å². The molecule has 2 aliphatic rings. The predicted octanol–water partition coefficient (Wildman–Crippen LogP) is 4.14. The van der Waals surface area contributed by atoms with E-state index in [0.717, 1.165) is 36.5 Å². The third-order valence-electron chi connectivity index (χ3n) is 4.92. The second-order valence-corrected chi connectivity index (χ2v) is 7.70. The Morgan fingerprint density at radius 3 is 3.09 bits per heavy atom. The van der Waals surface area contributed by atoms with Crippen LogP contribution in [-0.2, 0) is 4.74 Å². The summed E-state index contributed by atoms with van der Waals surface area (Å²) in [5.74, 6) is 3.43. The van der Waals surface area contributed by atoms with Crippen LogP contribution >= 0.6 is 11.8 Å². The van der Waals surface area contributed by atoms with Gasteiger partial charge in [0.1, 0.15) is 11.3 Å². The third kappa shape index (κ3) is 2.80. The van der Waals surface area contributed by atoms with Gasteiger partial charge in [0, 0.05) is 23.8 Å². The van der Waals surface area contributed by atoms with Crippen molar-refractivity contribution in [2.24, 2.45) is 0 Å². The van der Waals surface area contributed by atoms with Gasteiger partial charge in [0.25, 0.3) is 0 Å². The van der Waals surface area contributed by atoms with Crippen molar-refractivity contribution >= 4 is 22.7 Å². The summed E-state index contributed by atoms with van der Waals surface area (Å²) in [6.07, 6.45) is 3.43. The van der Waals surface area contributed by atoms with E-state index in [2.05, 4.69) is 30.4 Å². The summed E-state index contributed by atoms with van der Waals surface area (Å²) < 4.78 is 12.1. The Balaban J connectivity index is 1.45. The fraction of sp³-hybridized carbons (Fsp3) is 0.556. The molecule has 2 saturated heterocycles. The number of fused-ring (bicyclic) bond motifs is 1. The first kappa shape index (κ1) is 14.6. The van der Waals surface area contributed by atoms with Crippen LogP contribution in [0.15, 0.2) is 34.7 Å². The molecule has 0 bridgehead atoms. The fourth-order valence-electron chi connectivity index (χ4n) is 3.68. The molecule has 2 fully saturated rings. The number of rotatable bonds is 3. The van der Waals surface area contributed by atoms with Crippen LogP contribution in [0.3, 0.4) is 0 Å². The molecule has 0 aliphatic carbocycles. The smallest absolute Gasteiger partial charge is 0.134 e. The molecule has 118 valence electrons. The highest BCUT2D eigenvalue weighted by Gasteiger charge is 2.40. The average Bonchev–Trinajstić information content (AvgIpc) is 3.14. The highest BCUT2D eigenvalue weighted by atomic mass is 32.2. The van der Waals surface area contributed by atoms with Crippen molar-refractivity contribution in [3.63, 3.8) is 0 Å². The molecule has 0 saturated carbocycles. The summed E-state index contributed by atoms with van der Waals surface area (Å²) in [5.41, 5.74) is 1.11. The van der Waals surface area contributed by atoms with E-state index in [9.17, 15) is 0 Å². The summed E-state index contributed by atoms with van der Waals surface area (Å²) in [5, 5.41) is 4.95. The molecule has 4 rings (SSSR count). The zero-order valence-corrected chi connectivity index (χ0v) is 13.8. The van der Waals surface area contributed by atoms with E-state index < -0.39 is 0 Å². The van der Waals surface area contributed by atoms with Crippen molar-refractivity contribution in [1.29, 1.82) is 0 Å². The minimum absolute atomic E-state index is 0.133. The third-order valence-corrected chi connectivity index (χ3v) is 6.14. The van der Waals surface area contributed by atoms with Crippen LogP contribution in [0, 0.1) is 0 Å². The molecule has 4 heteroatoms. The Hall–Kier alpha value is -0.970. The number of hydrogen-bond donors (Lipinski definition) is 1. The van der Waals surface area contributed by atoms with Crippen LogP contribution in [0.4, 0.5) is 0 Å². The highest BCUT2D eigenvalue weighted by molar-refractivity contribution is 7.99. The summed E-state index contributed by atoms with van der Waals surface area (Å²) in [6.45, 7) is 3.08. The fourth-order valence-corrected chi connectivity index (χ4v) is 5.06. The lowest BCUT2D eigenvalue weighted by atomic mass is 9.89. The molecular formula is C18H23NO2S. The maximum Gasteiger partial charge on any atom is 0.134 e. The molecule has 0 unspecified atom stereocenters. The molecule has 0 amide bonds. The van der Waals surface area contributed by atoms with Gasteiger partial charge in [0.05, 0.1) is 11.6 Å². The maximum absolute atomic E-state index is 6.11. The van der Waals surface area contributed by atoms with E-state index in [1.165, 1.54) is 17.6 Å². The summed E-state index contributed by atoms with van der Waals surface area (Å²) in [4.78, 5) is 0. The number of para-hydroxylation sites is 1. The molecule has 22 heavy (non-hydrogen) atoms. The second-order valence-electron chi connectivity index (χ2n) is 6.60. The molecule has 3 nitrogen and oxygen atoms in total. The van der Waals surface area contributed by atoms with E-state index in [1.54, 1.807) is 0 Å². The lowest BCUT2D eigenvalue weighted by Gasteiger charge is -2.39. The normalized spacial score (nSPS) is 30.1. The van der Waals surface area contributed by atoms with Crippen LogP contribution < -0.4 is 5.32 Å². The highest BCUT2D eigenvalue weighted by Crippen LogP contribution is 2.38. The monoisotopic (exact) mass is 317 g/mol. The number of thioether (sulfide) groups is 1. The minimum atomic E-state index is 0.133. The lowest BCUT2D eigenvalue weighted by molar-refractivity contribution is -0.0714. The van der Waals surface area contributed by atoms with Crippen molar-refractivity contribution in [1.82, 2.24) is 5.32 Å². The van der Waals surface area contributed by atoms with Gasteiger partial charge in [-0.3, -0.25) is 0 Å². The summed E-state index contributed by atoms with van der Waals surface area (Å²) >= 11 is 2.03. The molecule has 1 aromatic carbocycles. The molecule has 1 aromatic heterocycles. The lowest BCUT2D eigenvalue weighted by Crippen LogP contribution is -2.47. The Morgan fingerprint density at radius 2 is 2.27 bits per heavy atom. The van der Waals surface area contributed by atoms with Crippen molar-refractivity contribution in [2.45, 2.75) is 43.9 Å². The van der Waals surface area contributed by atoms with Gasteiger partial charge in [-0.25, -0.2) is 0 Å². The van der Waals surface area contributed by atoms with Gasteiger partial charge in [-0.1, -0.05) is 18.2 Å². The number of furan rings is 1. The van der Waals surface area contributed by atoms with Crippen molar-refractivity contribution < 1.29 is 9.15 Å². The molecule has 0 radical (unpaired) electrons. The largest absolute Gasteiger partial charge is 0.459 e. The van der Waals surface area contributed by atoms with Crippen molar-refractivity contribution in [3.05, 3.63) is 36.1 Å². The van der Waals surface area contributed by atoms with Gasteiger partial charge in [-0.05, 0) is 44.1 Å². The molecule has 3 heterocycles. The van der Waals surface area contributed by atoms with Gasteiger partial charge in [-0.15, -0.1) is 0 Å². The van der Waals surface area contributed by atoms with Crippen molar-refractivity contribution in [2.75, 3.05) is 18.1 Å². The summed E-state index contributed by atoms with van der Waals surface area (Å²) in [7, 11) is 0. The SMILES string of the molecule is C[C@H](N[C@H]1CCO[C@]2(CCSC2)C1)c1cc2ccccc2o1. The Kier molecular flexibility index (Phi) is 3.93. The minimum Gasteiger partial charge on any atom is -0.459 e. The number of nitrogens with one attached hydrogen (secondary N) is 1. The Morgan fingerprint density at radius 1 is 1.36 bits per heavy atom. The zero-order chi connectivity index (χ0) is 15.0. The van der Waals surface area contributed by atoms with Gasteiger partial charge in [-0.2, -0.15) is 11.8 Å². The van der Waals surface area contributed by atoms with Crippen molar-refractivity contribution in [3.8, 4) is 0 Å². The van der Waals surface area contributed by atoms with Crippen LogP contribution in [-0.4, -0.2) is 29.8 Å². The first-order chi connectivity index (χ1) is 10.7. The van der Waals surface area contributed by atoms with E-state index in [4.69, 9.17) is 9.15 Å². The second kappa shape index (κ2) is 5.91. The van der Waals surface area contributed by atoms with Gasteiger partial charge < -0.3 is 14.5 Å². The van der Waals surface area contributed by atoms with E-state index in [0.29, 0.717) is 6.04 Å². The molecule has 3 atom stereocenters. The summed E-state index contributed by atoms with van der Waals surface area (Å²) in [6, 6.07) is 11.1. The standard InChI is InChI=1S/C18H23NO2S/c1-13(17-10-14-4-2-3-5-16(14)21-17)19-15-6-8-20-18(11-15)7-9-22-12-18/h2-5,10,13,15,19H,6-9,11-12H2,1H3/t13-,15-,18+/m0/s1. The first-order valence-electron chi connectivity index (χ1n) is 8.20. The van der Waals surface area contributed by atoms with E-state index in [1.807, 2.05) is 23.9 Å².